The van der Waals surface area contributed by atoms with Gasteiger partial charge in [0.1, 0.15) is 6.61 Å². The van der Waals surface area contributed by atoms with Crippen LogP contribution in [0.4, 0.5) is 5.69 Å². The van der Waals surface area contributed by atoms with E-state index < -0.39 is 0 Å². The minimum atomic E-state index is -0.169. The van der Waals surface area contributed by atoms with Crippen LogP contribution in [0.1, 0.15) is 15.9 Å². The largest absolute Gasteiger partial charge is 0.477 e. The first kappa shape index (κ1) is 15.5. The van der Waals surface area contributed by atoms with E-state index in [-0.39, 0.29) is 18.1 Å². The van der Waals surface area contributed by atoms with Gasteiger partial charge in [0, 0.05) is 20.8 Å². The number of hydrogen-bond donors (Lipinski definition) is 0. The van der Waals surface area contributed by atoms with Crippen LogP contribution < -0.4 is 0 Å². The van der Waals surface area contributed by atoms with Crippen molar-refractivity contribution in [1.29, 1.82) is 0 Å². The van der Waals surface area contributed by atoms with Crippen LogP contribution in [0.2, 0.25) is 0 Å². The molecule has 3 nitrogen and oxygen atoms in total. The van der Waals surface area contributed by atoms with E-state index in [1.54, 1.807) is 12.1 Å². The number of carbonyl (C=O) groups excluding carboxylic acids is 1. The number of rotatable bonds is 3. The molecule has 4 heteroatoms. The Morgan fingerprint density at radius 3 is 2.48 bits per heavy atom. The summed E-state index contributed by atoms with van der Waals surface area (Å²) in [6.07, 6.45) is 6.87. The minimum Gasteiger partial charge on any atom is -0.477 e. The normalized spacial score (nSPS) is 14.9. The predicted molar refractivity (Wildman–Crippen MR) is 99.0 cm³/mol. The molecule has 0 aromatic heterocycles. The van der Waals surface area contributed by atoms with Crippen molar-refractivity contribution in [2.45, 2.75) is 0 Å². The van der Waals surface area contributed by atoms with Gasteiger partial charge in [-0.1, -0.05) is 30.2 Å². The molecule has 1 aliphatic carbocycles. The van der Waals surface area contributed by atoms with Gasteiger partial charge in [-0.3, -0.25) is 4.79 Å². The Kier molecular flexibility index (Phi) is 4.58. The third-order valence-corrected chi connectivity index (χ3v) is 4.05. The number of ether oxygens (including phenoxy) is 1. The number of terminal acetylenes is 1. The van der Waals surface area contributed by atoms with Gasteiger partial charge in [-0.15, -0.1) is 6.42 Å². The topological polar surface area (TPSA) is 38.7 Å². The fraction of sp³-hybridized carbons (Fsp3) is 0.0526. The van der Waals surface area contributed by atoms with Crippen molar-refractivity contribution >= 4 is 39.8 Å². The molecule has 0 bridgehead atoms. The van der Waals surface area contributed by atoms with Crippen molar-refractivity contribution in [2.75, 3.05) is 6.61 Å². The molecule has 2 aromatic carbocycles. The standard InChI is InChI=1S/C19H12INO2/c1-2-11-23-18-12-17(21-14-9-7-13(20)8-10-14)15-5-3-4-6-16(15)19(18)22/h1,3-10,12H,11H2. The van der Waals surface area contributed by atoms with Gasteiger partial charge in [0.15, 0.2) is 5.76 Å². The van der Waals surface area contributed by atoms with Gasteiger partial charge >= 0.3 is 0 Å². The van der Waals surface area contributed by atoms with Crippen molar-refractivity contribution in [2.24, 2.45) is 4.99 Å². The molecule has 0 heterocycles. The van der Waals surface area contributed by atoms with Crippen LogP contribution in [0.5, 0.6) is 0 Å². The fourth-order valence-corrected chi connectivity index (χ4v) is 2.64. The molecular formula is C19H12INO2. The van der Waals surface area contributed by atoms with E-state index in [1.807, 2.05) is 42.5 Å². The lowest BCUT2D eigenvalue weighted by Gasteiger charge is -2.17. The molecule has 0 atom stereocenters. The molecule has 0 unspecified atom stereocenters. The third-order valence-electron chi connectivity index (χ3n) is 3.33. The van der Waals surface area contributed by atoms with Crippen LogP contribution in [-0.2, 0) is 4.74 Å². The van der Waals surface area contributed by atoms with Gasteiger partial charge in [0.25, 0.3) is 0 Å². The molecule has 3 rings (SSSR count). The molecule has 0 amide bonds. The highest BCUT2D eigenvalue weighted by atomic mass is 127. The van der Waals surface area contributed by atoms with Crippen LogP contribution in [0, 0.1) is 15.9 Å². The summed E-state index contributed by atoms with van der Waals surface area (Å²) in [6.45, 7) is 0.0521. The number of hydrogen-bond acceptors (Lipinski definition) is 3. The van der Waals surface area contributed by atoms with E-state index in [9.17, 15) is 4.79 Å². The van der Waals surface area contributed by atoms with E-state index in [4.69, 9.17) is 11.2 Å². The maximum atomic E-state index is 12.4. The van der Waals surface area contributed by atoms with E-state index in [0.29, 0.717) is 11.3 Å². The molecule has 0 saturated carbocycles. The van der Waals surface area contributed by atoms with Crippen LogP contribution in [0.25, 0.3) is 0 Å². The van der Waals surface area contributed by atoms with Gasteiger partial charge in [0.2, 0.25) is 5.78 Å². The molecule has 0 N–H and O–H groups in total. The van der Waals surface area contributed by atoms with Crippen LogP contribution in [0.3, 0.4) is 0 Å². The van der Waals surface area contributed by atoms with Gasteiger partial charge < -0.3 is 4.74 Å². The van der Waals surface area contributed by atoms with E-state index in [2.05, 4.69) is 33.5 Å². The first-order valence-electron chi connectivity index (χ1n) is 6.95. The average molecular weight is 413 g/mol. The molecule has 112 valence electrons. The summed E-state index contributed by atoms with van der Waals surface area (Å²) in [7, 11) is 0. The molecule has 1 aliphatic rings. The van der Waals surface area contributed by atoms with E-state index >= 15 is 0 Å². The Labute approximate surface area is 148 Å². The van der Waals surface area contributed by atoms with Gasteiger partial charge in [-0.2, -0.15) is 0 Å². The third kappa shape index (κ3) is 3.35. The van der Waals surface area contributed by atoms with Crippen molar-refractivity contribution in [3.05, 3.63) is 75.1 Å². The predicted octanol–water partition coefficient (Wildman–Crippen LogP) is 4.14. The fourth-order valence-electron chi connectivity index (χ4n) is 2.28. The highest BCUT2D eigenvalue weighted by Gasteiger charge is 2.25. The number of allylic oxidation sites excluding steroid dienone is 2. The second-order valence-corrected chi connectivity index (χ2v) is 6.10. The molecule has 0 fully saturated rings. The summed E-state index contributed by atoms with van der Waals surface area (Å²) in [5.74, 6) is 2.43. The number of halogens is 1. The van der Waals surface area contributed by atoms with Crippen LogP contribution >= 0.6 is 22.6 Å². The number of carbonyl (C=O) groups is 1. The molecule has 23 heavy (non-hydrogen) atoms. The van der Waals surface area contributed by atoms with E-state index in [1.165, 1.54) is 0 Å². The summed E-state index contributed by atoms with van der Waals surface area (Å²) < 4.78 is 6.52. The molecule has 0 aliphatic heterocycles. The second kappa shape index (κ2) is 6.80. The van der Waals surface area contributed by atoms with Gasteiger partial charge in [-0.25, -0.2) is 4.99 Å². The molecule has 0 spiro atoms. The Hall–Kier alpha value is -2.39. The summed E-state index contributed by atoms with van der Waals surface area (Å²) in [6, 6.07) is 15.2. The number of nitrogens with zero attached hydrogens (tertiary/aromatic N) is 1. The molecular weight excluding hydrogens is 401 g/mol. The monoisotopic (exact) mass is 413 g/mol. The lowest BCUT2D eigenvalue weighted by molar-refractivity contribution is 0.0937. The number of benzene rings is 2. The zero-order chi connectivity index (χ0) is 16.2. The summed E-state index contributed by atoms with van der Waals surface area (Å²) in [4.78, 5) is 17.1. The molecule has 0 saturated heterocycles. The Bertz CT molecular complexity index is 858. The van der Waals surface area contributed by atoms with Crippen molar-refractivity contribution in [1.82, 2.24) is 0 Å². The lowest BCUT2D eigenvalue weighted by Crippen LogP contribution is -2.19. The van der Waals surface area contributed by atoms with Crippen molar-refractivity contribution < 1.29 is 9.53 Å². The number of aliphatic imine (C=N–C) groups is 1. The highest BCUT2D eigenvalue weighted by molar-refractivity contribution is 14.1. The smallest absolute Gasteiger partial charge is 0.228 e. The minimum absolute atomic E-state index is 0.0521. The van der Waals surface area contributed by atoms with E-state index in [0.717, 1.165) is 14.8 Å². The summed E-state index contributed by atoms with van der Waals surface area (Å²) in [5, 5.41) is 0. The molecule has 2 aromatic rings. The maximum absolute atomic E-state index is 12.4. The Morgan fingerprint density at radius 2 is 1.78 bits per heavy atom. The number of ketones is 1. The average Bonchev–Trinajstić information content (AvgIpc) is 2.58. The Morgan fingerprint density at radius 1 is 1.09 bits per heavy atom. The second-order valence-electron chi connectivity index (χ2n) is 4.85. The number of fused-ring (bicyclic) bond motifs is 1. The van der Waals surface area contributed by atoms with Gasteiger partial charge in [0.05, 0.1) is 11.4 Å². The first-order chi connectivity index (χ1) is 11.2. The number of Topliss-reactive ketones (excluding diaryl/α,β-unsaturated/α-hetero) is 1. The van der Waals surface area contributed by atoms with Crippen molar-refractivity contribution in [3.8, 4) is 12.3 Å². The maximum Gasteiger partial charge on any atom is 0.228 e. The Balaban J connectivity index is 2.08. The van der Waals surface area contributed by atoms with Gasteiger partial charge in [-0.05, 0) is 46.9 Å². The summed E-state index contributed by atoms with van der Waals surface area (Å²) in [5.41, 5.74) is 2.88. The zero-order valence-corrected chi connectivity index (χ0v) is 14.3. The first-order valence-corrected chi connectivity index (χ1v) is 8.03. The molecule has 0 radical (unpaired) electrons. The quantitative estimate of drug-likeness (QED) is 0.561. The lowest BCUT2D eigenvalue weighted by atomic mass is 9.93. The zero-order valence-electron chi connectivity index (χ0n) is 12.1. The van der Waals surface area contributed by atoms with Crippen molar-refractivity contribution in [3.63, 3.8) is 0 Å². The summed E-state index contributed by atoms with van der Waals surface area (Å²) >= 11 is 2.24. The SMILES string of the molecule is C#CCOC1=CC(=Nc2ccc(I)cc2)c2ccccc2C1=O. The highest BCUT2D eigenvalue weighted by Crippen LogP contribution is 2.25. The van der Waals surface area contributed by atoms with Crippen LogP contribution in [-0.4, -0.2) is 18.1 Å². The van der Waals surface area contributed by atoms with Crippen LogP contribution in [0.15, 0.2) is 65.4 Å².